The minimum atomic E-state index is -0.486. The van der Waals surface area contributed by atoms with Crippen LogP contribution in [0.1, 0.15) is 23.0 Å². The summed E-state index contributed by atoms with van der Waals surface area (Å²) >= 11 is 2.87. The lowest BCUT2D eigenvalue weighted by Crippen LogP contribution is -2.11. The molecule has 1 N–H and O–H groups in total. The first-order valence-corrected chi connectivity index (χ1v) is 8.89. The molecule has 3 aromatic heterocycles. The van der Waals surface area contributed by atoms with Crippen molar-refractivity contribution >= 4 is 45.8 Å². The van der Waals surface area contributed by atoms with Gasteiger partial charge in [-0.05, 0) is 20.1 Å². The van der Waals surface area contributed by atoms with E-state index in [1.807, 2.05) is 18.6 Å². The van der Waals surface area contributed by atoms with Crippen molar-refractivity contribution in [2.45, 2.75) is 19.0 Å². The predicted molar refractivity (Wildman–Crippen MR) is 88.7 cm³/mol. The van der Waals surface area contributed by atoms with Crippen molar-refractivity contribution in [3.05, 3.63) is 22.8 Å². The van der Waals surface area contributed by atoms with Crippen molar-refractivity contribution in [3.63, 3.8) is 0 Å². The van der Waals surface area contributed by atoms with E-state index in [4.69, 9.17) is 4.74 Å². The normalized spacial score (nSPS) is 10.9. The van der Waals surface area contributed by atoms with Gasteiger partial charge in [0.15, 0.2) is 11.0 Å². The first-order chi connectivity index (χ1) is 11.1. The molecule has 3 heterocycles. The fourth-order valence-corrected chi connectivity index (χ4v) is 3.01. The predicted octanol–water partition coefficient (Wildman–Crippen LogP) is 2.53. The summed E-state index contributed by atoms with van der Waals surface area (Å²) in [5.74, 6) is 0.217. The summed E-state index contributed by atoms with van der Waals surface area (Å²) in [6, 6.07) is 0. The van der Waals surface area contributed by atoms with Gasteiger partial charge in [-0.15, -0.1) is 16.4 Å². The number of carbonyl (C=O) groups is 1. The molecule has 0 aliphatic carbocycles. The average molecular weight is 350 g/mol. The molecule has 0 unspecified atom stereocenters. The number of rotatable bonds is 5. The molecule has 0 radical (unpaired) electrons. The molecular weight excluding hydrogens is 336 g/mol. The van der Waals surface area contributed by atoms with Gasteiger partial charge < -0.3 is 10.1 Å². The van der Waals surface area contributed by atoms with Crippen LogP contribution in [0.5, 0.6) is 0 Å². The lowest BCUT2D eigenvalue weighted by Gasteiger charge is -2.08. The molecule has 0 aliphatic rings. The maximum Gasteiger partial charge on any atom is 0.343 e. The zero-order chi connectivity index (χ0) is 16.4. The smallest absolute Gasteiger partial charge is 0.343 e. The lowest BCUT2D eigenvalue weighted by atomic mass is 10.3. The maximum absolute atomic E-state index is 12.0. The number of nitrogens with one attached hydrogen (secondary N) is 1. The van der Waals surface area contributed by atoms with Crippen LogP contribution in [0.4, 0.5) is 11.8 Å². The van der Waals surface area contributed by atoms with E-state index in [2.05, 4.69) is 25.4 Å². The number of hydrogen-bond donors (Lipinski definition) is 1. The largest absolute Gasteiger partial charge is 0.462 e. The Morgan fingerprint density at radius 1 is 1.48 bits per heavy atom. The molecule has 8 nitrogen and oxygen atoms in total. The maximum atomic E-state index is 12.0. The second kappa shape index (κ2) is 6.50. The van der Waals surface area contributed by atoms with E-state index in [1.165, 1.54) is 29.3 Å². The monoisotopic (exact) mass is 350 g/mol. The van der Waals surface area contributed by atoms with E-state index < -0.39 is 5.97 Å². The van der Waals surface area contributed by atoms with Crippen LogP contribution < -0.4 is 5.32 Å². The molecule has 0 amide bonds. The lowest BCUT2D eigenvalue weighted by molar-refractivity contribution is 0.0526. The molecule has 0 aliphatic heterocycles. The molecule has 3 aromatic rings. The molecule has 3 rings (SSSR count). The Balaban J connectivity index is 1.97. The Labute approximate surface area is 140 Å². The van der Waals surface area contributed by atoms with E-state index >= 15 is 0 Å². The van der Waals surface area contributed by atoms with Crippen molar-refractivity contribution in [1.29, 1.82) is 0 Å². The van der Waals surface area contributed by atoms with Gasteiger partial charge in [0.2, 0.25) is 10.9 Å². The van der Waals surface area contributed by atoms with Crippen LogP contribution >= 0.6 is 23.1 Å². The number of nitrogens with zero attached hydrogens (tertiary/aromatic N) is 5. The third-order valence-corrected chi connectivity index (χ3v) is 4.42. The third-order valence-electron chi connectivity index (χ3n) is 2.92. The second-order valence-corrected chi connectivity index (χ2v) is 6.08. The molecule has 120 valence electrons. The Hall–Kier alpha value is -2.20. The van der Waals surface area contributed by atoms with Gasteiger partial charge in [0.1, 0.15) is 5.56 Å². The number of esters is 1. The van der Waals surface area contributed by atoms with E-state index in [9.17, 15) is 4.79 Å². The van der Waals surface area contributed by atoms with Gasteiger partial charge in [-0.25, -0.2) is 19.3 Å². The number of carbonyl (C=O) groups excluding carboxylic acids is 1. The number of thioether (sulfide) groups is 1. The Kier molecular flexibility index (Phi) is 4.44. The van der Waals surface area contributed by atoms with Gasteiger partial charge in [0.05, 0.1) is 12.3 Å². The Morgan fingerprint density at radius 3 is 3.00 bits per heavy atom. The molecule has 0 fully saturated rings. The van der Waals surface area contributed by atoms with Crippen LogP contribution in [0.25, 0.3) is 4.96 Å². The summed E-state index contributed by atoms with van der Waals surface area (Å²) in [5.41, 5.74) is 1.24. The van der Waals surface area contributed by atoms with Crippen LogP contribution in [0.15, 0.2) is 16.7 Å². The molecular formula is C13H14N6O2S2. The van der Waals surface area contributed by atoms with Gasteiger partial charge in [0, 0.05) is 11.6 Å². The van der Waals surface area contributed by atoms with Crippen molar-refractivity contribution in [1.82, 2.24) is 24.6 Å². The zero-order valence-electron chi connectivity index (χ0n) is 12.7. The number of thiazole rings is 1. The van der Waals surface area contributed by atoms with Gasteiger partial charge in [-0.3, -0.25) is 0 Å². The van der Waals surface area contributed by atoms with Gasteiger partial charge in [0.25, 0.3) is 0 Å². The summed E-state index contributed by atoms with van der Waals surface area (Å²) in [7, 11) is 0. The van der Waals surface area contributed by atoms with Crippen LogP contribution in [0.2, 0.25) is 0 Å². The van der Waals surface area contributed by atoms with Crippen LogP contribution in [0.3, 0.4) is 0 Å². The minimum Gasteiger partial charge on any atom is -0.462 e. The first-order valence-electron chi connectivity index (χ1n) is 6.78. The third kappa shape index (κ3) is 3.13. The molecule has 0 bridgehead atoms. The SMILES string of the molecule is CCOC(=O)c1cnc(SC)nc1Nc1nc2scc(C)n2n1. The Morgan fingerprint density at radius 2 is 2.30 bits per heavy atom. The molecule has 0 saturated carbocycles. The van der Waals surface area contributed by atoms with E-state index in [-0.39, 0.29) is 12.2 Å². The first kappa shape index (κ1) is 15.7. The summed E-state index contributed by atoms with van der Waals surface area (Å²) in [4.78, 5) is 25.6. The number of aryl methyl sites for hydroxylation is 1. The fourth-order valence-electron chi connectivity index (χ4n) is 1.87. The van der Waals surface area contributed by atoms with Crippen molar-refractivity contribution < 1.29 is 9.53 Å². The van der Waals surface area contributed by atoms with Gasteiger partial charge in [-0.2, -0.15) is 4.98 Å². The number of anilines is 2. The molecule has 0 atom stereocenters. The number of fused-ring (bicyclic) bond motifs is 1. The number of aromatic nitrogens is 5. The van der Waals surface area contributed by atoms with Gasteiger partial charge in [-0.1, -0.05) is 11.8 Å². The van der Waals surface area contributed by atoms with Crippen LogP contribution in [-0.2, 0) is 4.74 Å². The Bertz CT molecular complexity index is 859. The van der Waals surface area contributed by atoms with Crippen LogP contribution in [-0.4, -0.2) is 43.4 Å². The molecule has 23 heavy (non-hydrogen) atoms. The highest BCUT2D eigenvalue weighted by Crippen LogP contribution is 2.22. The van der Waals surface area contributed by atoms with E-state index in [0.717, 1.165) is 10.7 Å². The zero-order valence-corrected chi connectivity index (χ0v) is 14.4. The highest BCUT2D eigenvalue weighted by atomic mass is 32.2. The van der Waals surface area contributed by atoms with Crippen molar-refractivity contribution in [2.75, 3.05) is 18.2 Å². The fraction of sp³-hybridized carbons (Fsp3) is 0.308. The standard InChI is InChI=1S/C13H14N6O2S2/c1-4-21-10(20)8-5-14-12(22-3)16-9(8)15-11-17-13-19(18-11)7(2)6-23-13/h5-6H,4H2,1-3H3,(H,14,15,16,18). The summed E-state index contributed by atoms with van der Waals surface area (Å²) in [6.45, 7) is 3.97. The number of hydrogen-bond acceptors (Lipinski definition) is 9. The molecule has 10 heteroatoms. The summed E-state index contributed by atoms with van der Waals surface area (Å²) in [5, 5.41) is 9.85. The average Bonchev–Trinajstić information content (AvgIpc) is 3.09. The van der Waals surface area contributed by atoms with Crippen molar-refractivity contribution in [3.8, 4) is 0 Å². The second-order valence-electron chi connectivity index (χ2n) is 4.47. The van der Waals surface area contributed by atoms with E-state index in [1.54, 1.807) is 11.4 Å². The quantitative estimate of drug-likeness (QED) is 0.426. The highest BCUT2D eigenvalue weighted by molar-refractivity contribution is 7.98. The topological polar surface area (TPSA) is 94.3 Å². The molecule has 0 spiro atoms. The summed E-state index contributed by atoms with van der Waals surface area (Å²) < 4.78 is 6.76. The summed E-state index contributed by atoms with van der Waals surface area (Å²) in [6.07, 6.45) is 3.31. The number of ether oxygens (including phenoxy) is 1. The van der Waals surface area contributed by atoms with Crippen molar-refractivity contribution in [2.24, 2.45) is 0 Å². The highest BCUT2D eigenvalue weighted by Gasteiger charge is 2.18. The minimum absolute atomic E-state index is 0.250. The van der Waals surface area contributed by atoms with Crippen LogP contribution in [0, 0.1) is 6.92 Å². The molecule has 0 saturated heterocycles. The molecule has 0 aromatic carbocycles. The van der Waals surface area contributed by atoms with E-state index in [0.29, 0.717) is 16.9 Å². The van der Waals surface area contributed by atoms with Gasteiger partial charge >= 0.3 is 5.97 Å².